The Morgan fingerprint density at radius 3 is 1.51 bits per heavy atom. The minimum Gasteiger partial charge on any atom is -0.379 e. The van der Waals surface area contributed by atoms with Crippen molar-refractivity contribution in [1.29, 1.82) is 0 Å². The van der Waals surface area contributed by atoms with E-state index in [0.717, 1.165) is 171 Å². The Labute approximate surface area is 473 Å². The van der Waals surface area contributed by atoms with Gasteiger partial charge in [0.1, 0.15) is 17.2 Å². The third-order valence-corrected chi connectivity index (χ3v) is 14.0. The number of ether oxygens (including phenoxy) is 2. The molecule has 24 heteroatoms. The Kier molecular flexibility index (Phi) is 20.2. The van der Waals surface area contributed by atoms with Crippen molar-refractivity contribution in [3.05, 3.63) is 148 Å². The van der Waals surface area contributed by atoms with E-state index >= 15 is 0 Å². The van der Waals surface area contributed by atoms with Crippen molar-refractivity contribution in [2.75, 3.05) is 89.1 Å². The number of amides is 2. The van der Waals surface area contributed by atoms with Crippen LogP contribution < -0.4 is 16.4 Å². The van der Waals surface area contributed by atoms with Crippen LogP contribution in [0, 0.1) is 27.7 Å². The Morgan fingerprint density at radius 2 is 1.05 bits per heavy atom. The van der Waals surface area contributed by atoms with Gasteiger partial charge >= 0.3 is 12.4 Å². The summed E-state index contributed by atoms with van der Waals surface area (Å²) in [7, 11) is 0. The second-order valence-corrected chi connectivity index (χ2v) is 20.1. The molecule has 0 radical (unpaired) electrons. The Morgan fingerprint density at radius 1 is 0.585 bits per heavy atom. The van der Waals surface area contributed by atoms with Gasteiger partial charge in [-0.25, -0.2) is 29.9 Å². The van der Waals surface area contributed by atoms with Gasteiger partial charge in [0, 0.05) is 126 Å². The average molecular weight is 1150 g/mol. The van der Waals surface area contributed by atoms with Gasteiger partial charge in [0.25, 0.3) is 11.8 Å². The molecule has 0 bridgehead atoms. The minimum absolute atomic E-state index is 0.133. The number of carbonyl (C=O) groups excluding carboxylic acids is 2. The standard InChI is InChI=1S/C29H29F3N6O2.C23H18F3N5OS.C6H14N2O/c1-18-5-6-22(36-28(39)20-7-8-33-25(15-20)29(30,31)32)16-23(18)24-14-21-17-34-26(37-27(21)35-19(24)2)4-3-9-38-10-12-40-13-11-38;1-12-4-5-16(30-21(32)14-6-7-27-19(9-14)23(24,25)26)10-17(12)18-8-15-11-28-22(33-3)31-20(15)29-13(18)2;7-1-2-8-3-5-9-6-4-8/h5-8,14-17H,3-4,9-13H2,1-2H3,(H,36,39);4-11H,1-3H3,(H,30,32);1-7H2. The van der Waals surface area contributed by atoms with E-state index in [1.807, 2.05) is 58.2 Å². The van der Waals surface area contributed by atoms with Crippen LogP contribution in [-0.4, -0.2) is 140 Å². The minimum atomic E-state index is -4.64. The highest BCUT2D eigenvalue weighted by atomic mass is 32.2. The van der Waals surface area contributed by atoms with Crippen molar-refractivity contribution in [3.8, 4) is 22.3 Å². The highest BCUT2D eigenvalue weighted by Gasteiger charge is 2.34. The van der Waals surface area contributed by atoms with E-state index in [0.29, 0.717) is 27.8 Å². The Balaban J connectivity index is 0.000000188. The summed E-state index contributed by atoms with van der Waals surface area (Å²) >= 11 is 1.43. The number of hydrogen-bond acceptors (Lipinski definition) is 16. The zero-order valence-corrected chi connectivity index (χ0v) is 46.6. The fraction of sp³-hybridized carbons (Fsp3) is 0.345. The van der Waals surface area contributed by atoms with E-state index < -0.39 is 35.6 Å². The van der Waals surface area contributed by atoms with Gasteiger partial charge in [-0.05, 0) is 130 Å². The van der Waals surface area contributed by atoms with Crippen LogP contribution >= 0.6 is 11.8 Å². The number of fused-ring (bicyclic) bond motifs is 2. The number of thioether (sulfide) groups is 1. The number of pyridine rings is 4. The number of alkyl halides is 6. The van der Waals surface area contributed by atoms with Crippen molar-refractivity contribution < 1.29 is 45.4 Å². The van der Waals surface area contributed by atoms with Crippen molar-refractivity contribution in [2.24, 2.45) is 5.73 Å². The predicted molar refractivity (Wildman–Crippen MR) is 303 cm³/mol. The molecule has 0 spiro atoms. The van der Waals surface area contributed by atoms with Crippen LogP contribution in [0.5, 0.6) is 0 Å². The molecule has 0 unspecified atom stereocenters. The molecule has 8 heterocycles. The second kappa shape index (κ2) is 27.4. The number of nitrogens with one attached hydrogen (secondary N) is 2. The zero-order chi connectivity index (χ0) is 58.6. The molecule has 2 aliphatic heterocycles. The molecule has 2 aromatic carbocycles. The Bertz CT molecular complexity index is 3540. The van der Waals surface area contributed by atoms with E-state index in [9.17, 15) is 35.9 Å². The lowest BCUT2D eigenvalue weighted by Gasteiger charge is -2.26. The number of nitrogens with two attached hydrogens (primary N) is 1. The molecule has 4 N–H and O–H groups in total. The van der Waals surface area contributed by atoms with Crippen molar-refractivity contribution in [3.63, 3.8) is 0 Å². The average Bonchev–Trinajstić information content (AvgIpc) is 3.56. The highest BCUT2D eigenvalue weighted by Crippen LogP contribution is 2.34. The lowest BCUT2D eigenvalue weighted by Crippen LogP contribution is -2.39. The number of aryl methyl sites for hydroxylation is 5. The van der Waals surface area contributed by atoms with Crippen molar-refractivity contribution in [2.45, 2.75) is 58.0 Å². The number of aromatic nitrogens is 8. The van der Waals surface area contributed by atoms with Crippen LogP contribution in [0.15, 0.2) is 103 Å². The van der Waals surface area contributed by atoms with Gasteiger partial charge in [-0.15, -0.1) is 0 Å². The SMILES string of the molecule is CSc1ncc2cc(-c3cc(NC(=O)c4ccnc(C(F)(F)F)c4)ccc3C)c(C)nc2n1.Cc1ccc(NC(=O)c2ccnc(C(F)(F)F)c2)cc1-c1cc2cnc(CCCN3CCOCC3)nc2nc1C.NCCN1CCOCC1. The lowest BCUT2D eigenvalue weighted by atomic mass is 9.98. The number of anilines is 2. The first-order chi connectivity index (χ1) is 39.3. The maximum atomic E-state index is 13.0. The van der Waals surface area contributed by atoms with Crippen LogP contribution in [0.1, 0.15) is 66.9 Å². The summed E-state index contributed by atoms with van der Waals surface area (Å²) < 4.78 is 88.4. The monoisotopic (exact) mass is 1150 g/mol. The molecule has 2 amide bonds. The summed E-state index contributed by atoms with van der Waals surface area (Å²) in [6.45, 7) is 17.7. The van der Waals surface area contributed by atoms with Crippen molar-refractivity contribution >= 4 is 57.0 Å². The first kappa shape index (κ1) is 60.5. The normalized spacial score (nSPS) is 14.1. The third-order valence-electron chi connectivity index (χ3n) is 13.5. The molecule has 82 heavy (non-hydrogen) atoms. The van der Waals surface area contributed by atoms with Crippen LogP contribution in [0.4, 0.5) is 37.7 Å². The largest absolute Gasteiger partial charge is 0.433 e. The van der Waals surface area contributed by atoms with E-state index in [1.165, 1.54) is 23.9 Å². The van der Waals surface area contributed by atoms with Crippen molar-refractivity contribution in [1.82, 2.24) is 49.7 Å². The van der Waals surface area contributed by atoms with E-state index in [4.69, 9.17) is 20.2 Å². The topological polar surface area (TPSA) is 212 Å². The molecule has 2 aliphatic rings. The molecular weight excluding hydrogens is 1090 g/mol. The van der Waals surface area contributed by atoms with Crippen LogP contribution in [0.2, 0.25) is 0 Å². The maximum Gasteiger partial charge on any atom is 0.433 e. The molecule has 2 saturated heterocycles. The number of hydrogen-bond donors (Lipinski definition) is 3. The quantitative estimate of drug-likeness (QED) is 0.0557. The molecule has 8 aromatic rings. The molecule has 430 valence electrons. The highest BCUT2D eigenvalue weighted by molar-refractivity contribution is 7.98. The van der Waals surface area contributed by atoms with Gasteiger partial charge in [-0.1, -0.05) is 23.9 Å². The molecule has 2 fully saturated rings. The summed E-state index contributed by atoms with van der Waals surface area (Å²) in [5, 5.41) is 7.56. The molecule has 0 atom stereocenters. The third kappa shape index (κ3) is 16.1. The zero-order valence-electron chi connectivity index (χ0n) is 45.8. The van der Waals surface area contributed by atoms with Gasteiger partial charge in [0.15, 0.2) is 16.5 Å². The van der Waals surface area contributed by atoms with Crippen LogP contribution in [0.3, 0.4) is 0 Å². The summed E-state index contributed by atoms with van der Waals surface area (Å²) in [6, 6.07) is 18.5. The first-order valence-corrected chi connectivity index (χ1v) is 27.5. The number of carbonyl (C=O) groups is 2. The lowest BCUT2D eigenvalue weighted by molar-refractivity contribution is -0.142. The summed E-state index contributed by atoms with van der Waals surface area (Å²) in [6.07, 6.45) is -0.225. The second-order valence-electron chi connectivity index (χ2n) is 19.3. The molecule has 0 aliphatic carbocycles. The molecule has 0 saturated carbocycles. The fourth-order valence-electron chi connectivity index (χ4n) is 9.02. The number of nitrogens with zero attached hydrogens (tertiary/aromatic N) is 10. The van der Waals surface area contributed by atoms with Gasteiger partial charge < -0.3 is 25.8 Å². The molecular formula is C58H61F6N13O4S. The first-order valence-electron chi connectivity index (χ1n) is 26.3. The van der Waals surface area contributed by atoms with Gasteiger partial charge in [0.05, 0.1) is 26.4 Å². The fourth-order valence-corrected chi connectivity index (χ4v) is 9.36. The van der Waals surface area contributed by atoms with Crippen LogP contribution in [0.25, 0.3) is 44.3 Å². The Hall–Kier alpha value is -7.61. The number of morpholine rings is 2. The predicted octanol–water partition coefficient (Wildman–Crippen LogP) is 10.2. The number of halogens is 6. The van der Waals surface area contributed by atoms with Crippen LogP contribution in [-0.2, 0) is 28.2 Å². The van der Waals surface area contributed by atoms with E-state index in [-0.39, 0.29) is 11.1 Å². The van der Waals surface area contributed by atoms with Gasteiger partial charge in [-0.3, -0.25) is 29.4 Å². The smallest absolute Gasteiger partial charge is 0.379 e. The maximum absolute atomic E-state index is 13.0. The number of rotatable bonds is 13. The summed E-state index contributed by atoms with van der Waals surface area (Å²) in [4.78, 5) is 63.9. The van der Waals surface area contributed by atoms with E-state index in [2.05, 4.69) is 55.3 Å². The molecule has 10 rings (SSSR count). The summed E-state index contributed by atoms with van der Waals surface area (Å²) in [5.74, 6) is -0.569. The van der Waals surface area contributed by atoms with Gasteiger partial charge in [-0.2, -0.15) is 26.3 Å². The van der Waals surface area contributed by atoms with Gasteiger partial charge in [0.2, 0.25) is 0 Å². The molecule has 17 nitrogen and oxygen atoms in total. The van der Waals surface area contributed by atoms with E-state index in [1.54, 1.807) is 36.7 Å². The molecule has 6 aromatic heterocycles. The number of benzene rings is 2. The summed E-state index contributed by atoms with van der Waals surface area (Å²) in [5.41, 5.74) is 11.8.